The second kappa shape index (κ2) is 7.67. The van der Waals surface area contributed by atoms with Crippen molar-refractivity contribution < 1.29 is 4.79 Å². The summed E-state index contributed by atoms with van der Waals surface area (Å²) in [6.45, 7) is 4.59. The maximum Gasteiger partial charge on any atom is 0.273 e. The van der Waals surface area contributed by atoms with Crippen LogP contribution in [0.15, 0.2) is 42.0 Å². The minimum absolute atomic E-state index is 0.0508. The first kappa shape index (κ1) is 17.3. The lowest BCUT2D eigenvalue weighted by Gasteiger charge is -2.34. The Morgan fingerprint density at radius 1 is 1.07 bits per heavy atom. The summed E-state index contributed by atoms with van der Waals surface area (Å²) in [5, 5.41) is 5.60. The second-order valence-corrected chi connectivity index (χ2v) is 7.01. The number of amides is 1. The molecule has 0 radical (unpaired) electrons. The number of carbonyl (C=O) groups is 1. The van der Waals surface area contributed by atoms with Crippen LogP contribution in [0.2, 0.25) is 0 Å². The maximum atomic E-state index is 12.7. The van der Waals surface area contributed by atoms with Gasteiger partial charge in [-0.15, -0.1) is 11.3 Å². The first-order valence-electron chi connectivity index (χ1n) is 8.66. The van der Waals surface area contributed by atoms with E-state index < -0.39 is 0 Å². The first-order chi connectivity index (χ1) is 13.2. The molecular formula is C18H19N7OS. The molecule has 1 aliphatic rings. The van der Waals surface area contributed by atoms with E-state index in [9.17, 15) is 4.79 Å². The highest BCUT2D eigenvalue weighted by Crippen LogP contribution is 2.21. The van der Waals surface area contributed by atoms with Crippen LogP contribution in [0, 0.1) is 6.92 Å². The number of aromatic nitrogens is 4. The molecule has 0 atom stereocenters. The lowest BCUT2D eigenvalue weighted by atomic mass is 10.3. The van der Waals surface area contributed by atoms with E-state index in [-0.39, 0.29) is 5.91 Å². The zero-order chi connectivity index (χ0) is 18.6. The van der Waals surface area contributed by atoms with Crippen LogP contribution in [-0.2, 0) is 0 Å². The second-order valence-electron chi connectivity index (χ2n) is 6.16. The van der Waals surface area contributed by atoms with E-state index in [1.807, 2.05) is 30.0 Å². The molecule has 3 aromatic rings. The number of thiazole rings is 1. The summed E-state index contributed by atoms with van der Waals surface area (Å²) in [5.74, 6) is 1.38. The Morgan fingerprint density at radius 2 is 1.85 bits per heavy atom. The van der Waals surface area contributed by atoms with E-state index in [4.69, 9.17) is 0 Å². The number of piperazine rings is 1. The van der Waals surface area contributed by atoms with Crippen LogP contribution >= 0.6 is 11.3 Å². The van der Waals surface area contributed by atoms with E-state index in [0.717, 1.165) is 11.5 Å². The number of pyridine rings is 1. The summed E-state index contributed by atoms with van der Waals surface area (Å²) >= 11 is 1.40. The molecule has 1 aliphatic heterocycles. The van der Waals surface area contributed by atoms with Gasteiger partial charge in [-0.25, -0.2) is 19.9 Å². The minimum atomic E-state index is -0.0508. The molecule has 1 fully saturated rings. The van der Waals surface area contributed by atoms with Gasteiger partial charge in [0.25, 0.3) is 5.91 Å². The van der Waals surface area contributed by atoms with Crippen LogP contribution in [0.3, 0.4) is 0 Å². The Kier molecular flexibility index (Phi) is 4.93. The fourth-order valence-electron chi connectivity index (χ4n) is 2.88. The third-order valence-electron chi connectivity index (χ3n) is 4.25. The number of rotatable bonds is 4. The average Bonchev–Trinajstić information content (AvgIpc) is 3.17. The highest BCUT2D eigenvalue weighted by atomic mass is 32.1. The highest BCUT2D eigenvalue weighted by molar-refractivity contribution is 7.14. The molecule has 3 aromatic heterocycles. The van der Waals surface area contributed by atoms with Gasteiger partial charge in [-0.05, 0) is 25.1 Å². The summed E-state index contributed by atoms with van der Waals surface area (Å²) < 4.78 is 0. The number of aryl methyl sites for hydroxylation is 1. The van der Waals surface area contributed by atoms with Crippen LogP contribution in [0.5, 0.6) is 0 Å². The van der Waals surface area contributed by atoms with Crippen molar-refractivity contribution in [3.05, 3.63) is 53.4 Å². The molecule has 8 nitrogen and oxygen atoms in total. The number of hydrogen-bond acceptors (Lipinski definition) is 8. The van der Waals surface area contributed by atoms with Crippen LogP contribution in [0.25, 0.3) is 0 Å². The number of hydrogen-bond donors (Lipinski definition) is 1. The summed E-state index contributed by atoms with van der Waals surface area (Å²) in [6, 6.07) is 7.53. The molecule has 0 spiro atoms. The highest BCUT2D eigenvalue weighted by Gasteiger charge is 2.24. The molecule has 0 saturated carbocycles. The molecule has 138 valence electrons. The molecule has 0 unspecified atom stereocenters. The van der Waals surface area contributed by atoms with Gasteiger partial charge in [-0.2, -0.15) is 0 Å². The summed E-state index contributed by atoms with van der Waals surface area (Å²) in [6.07, 6.45) is 3.46. The summed E-state index contributed by atoms with van der Waals surface area (Å²) in [7, 11) is 0. The van der Waals surface area contributed by atoms with Gasteiger partial charge in [0, 0.05) is 49.6 Å². The van der Waals surface area contributed by atoms with Crippen molar-refractivity contribution in [2.24, 2.45) is 0 Å². The standard InChI is InChI=1S/C18H19N7OS/c1-13-4-2-5-15(21-13)23-18-22-14(12-27-18)16(26)24-8-10-25(11-9-24)17-19-6-3-7-20-17/h2-7,12H,8-11H2,1H3,(H,21,22,23). The molecule has 1 amide bonds. The van der Waals surface area contributed by atoms with Gasteiger partial charge in [0.05, 0.1) is 0 Å². The van der Waals surface area contributed by atoms with E-state index in [2.05, 4.69) is 30.2 Å². The number of nitrogens with one attached hydrogen (secondary N) is 1. The molecule has 0 bridgehead atoms. The largest absolute Gasteiger partial charge is 0.337 e. The molecule has 0 aliphatic carbocycles. The van der Waals surface area contributed by atoms with Crippen molar-refractivity contribution in [2.45, 2.75) is 6.92 Å². The lowest BCUT2D eigenvalue weighted by molar-refractivity contribution is 0.0741. The first-order valence-corrected chi connectivity index (χ1v) is 9.54. The number of nitrogens with zero attached hydrogens (tertiary/aromatic N) is 6. The summed E-state index contributed by atoms with van der Waals surface area (Å²) in [4.78, 5) is 34.0. The maximum absolute atomic E-state index is 12.7. The molecule has 27 heavy (non-hydrogen) atoms. The Morgan fingerprint density at radius 3 is 2.59 bits per heavy atom. The summed E-state index contributed by atoms with van der Waals surface area (Å²) in [5.41, 5.74) is 1.38. The van der Waals surface area contributed by atoms with Gasteiger partial charge in [0.15, 0.2) is 5.13 Å². The zero-order valence-corrected chi connectivity index (χ0v) is 15.7. The Labute approximate surface area is 160 Å². The average molecular weight is 381 g/mol. The van der Waals surface area contributed by atoms with Crippen LogP contribution in [0.1, 0.15) is 16.2 Å². The van der Waals surface area contributed by atoms with E-state index >= 15 is 0 Å². The van der Waals surface area contributed by atoms with E-state index in [0.29, 0.717) is 43.0 Å². The monoisotopic (exact) mass is 381 g/mol. The van der Waals surface area contributed by atoms with Gasteiger partial charge >= 0.3 is 0 Å². The molecule has 0 aromatic carbocycles. The van der Waals surface area contributed by atoms with Gasteiger partial charge in [-0.3, -0.25) is 4.79 Å². The van der Waals surface area contributed by atoms with Crippen molar-refractivity contribution in [3.8, 4) is 0 Å². The smallest absolute Gasteiger partial charge is 0.273 e. The van der Waals surface area contributed by atoms with Crippen molar-refractivity contribution in [1.29, 1.82) is 0 Å². The van der Waals surface area contributed by atoms with Crippen LogP contribution in [0.4, 0.5) is 16.9 Å². The number of anilines is 3. The Balaban J connectivity index is 1.37. The van der Waals surface area contributed by atoms with Gasteiger partial charge in [0.2, 0.25) is 5.95 Å². The lowest BCUT2D eigenvalue weighted by Crippen LogP contribution is -2.49. The van der Waals surface area contributed by atoms with Crippen molar-refractivity contribution >= 4 is 34.1 Å². The van der Waals surface area contributed by atoms with Crippen LogP contribution in [-0.4, -0.2) is 56.9 Å². The predicted molar refractivity (Wildman–Crippen MR) is 105 cm³/mol. The third kappa shape index (κ3) is 4.03. The predicted octanol–water partition coefficient (Wildman–Crippen LogP) is 2.34. The topological polar surface area (TPSA) is 87.1 Å². The molecule has 9 heteroatoms. The number of carbonyl (C=O) groups excluding carboxylic acids is 1. The fraction of sp³-hybridized carbons (Fsp3) is 0.278. The normalized spacial score (nSPS) is 14.3. The van der Waals surface area contributed by atoms with E-state index in [1.54, 1.807) is 23.8 Å². The Bertz CT molecular complexity index is 922. The van der Waals surface area contributed by atoms with Crippen LogP contribution < -0.4 is 10.2 Å². The molecular weight excluding hydrogens is 362 g/mol. The molecule has 1 saturated heterocycles. The van der Waals surface area contributed by atoms with Gasteiger partial charge < -0.3 is 15.1 Å². The van der Waals surface area contributed by atoms with Gasteiger partial charge in [0.1, 0.15) is 11.5 Å². The Hall–Kier alpha value is -3.07. The van der Waals surface area contributed by atoms with Crippen molar-refractivity contribution in [2.75, 3.05) is 36.4 Å². The minimum Gasteiger partial charge on any atom is -0.337 e. The fourth-order valence-corrected chi connectivity index (χ4v) is 3.57. The van der Waals surface area contributed by atoms with Crippen molar-refractivity contribution in [1.82, 2.24) is 24.8 Å². The molecule has 1 N–H and O–H groups in total. The SMILES string of the molecule is Cc1cccc(Nc2nc(C(=O)N3CCN(c4ncccn4)CC3)cs2)n1. The molecule has 4 heterocycles. The van der Waals surface area contributed by atoms with Gasteiger partial charge in [-0.1, -0.05) is 6.07 Å². The van der Waals surface area contributed by atoms with Crippen molar-refractivity contribution in [3.63, 3.8) is 0 Å². The third-order valence-corrected chi connectivity index (χ3v) is 5.01. The molecule has 4 rings (SSSR count). The van der Waals surface area contributed by atoms with E-state index in [1.165, 1.54) is 11.3 Å². The zero-order valence-electron chi connectivity index (χ0n) is 14.9. The quantitative estimate of drug-likeness (QED) is 0.742.